The highest BCUT2D eigenvalue weighted by atomic mass is 16.5. The Kier molecular flexibility index (Phi) is 3.60. The first-order valence-electron chi connectivity index (χ1n) is 7.18. The fourth-order valence-corrected chi connectivity index (χ4v) is 2.34. The minimum Gasteiger partial charge on any atom is -0.489 e. The van der Waals surface area contributed by atoms with Crippen LogP contribution in [0.2, 0.25) is 0 Å². The molecule has 3 nitrogen and oxygen atoms in total. The summed E-state index contributed by atoms with van der Waals surface area (Å²) in [5.41, 5.74) is 1.66. The van der Waals surface area contributed by atoms with E-state index in [1.54, 1.807) is 0 Å². The first kappa shape index (κ1) is 14.0. The number of hydrogen-bond acceptors (Lipinski definition) is 3. The van der Waals surface area contributed by atoms with Crippen molar-refractivity contribution in [2.45, 2.75) is 20.0 Å². The summed E-state index contributed by atoms with van der Waals surface area (Å²) >= 11 is 0. The third kappa shape index (κ3) is 3.03. The number of benzene rings is 2. The lowest BCUT2D eigenvalue weighted by atomic mass is 9.97. The Labute approximate surface area is 125 Å². The molecule has 1 aliphatic heterocycles. The largest absolute Gasteiger partial charge is 0.489 e. The average molecular weight is 284 g/mol. The number of hydrogen-bond donors (Lipinski definition) is 1. The molecule has 0 radical (unpaired) electrons. The molecule has 0 aromatic heterocycles. The topological polar surface area (TPSA) is 38.7 Å². The SMILES string of the molecule is CC1(C)COc2ccc([C@@H](O)c3ccccc3)cc2OC1. The maximum atomic E-state index is 10.5. The van der Waals surface area contributed by atoms with Gasteiger partial charge in [0, 0.05) is 5.41 Å². The van der Waals surface area contributed by atoms with Crippen LogP contribution in [0.1, 0.15) is 31.1 Å². The molecular formula is C18H20O3. The van der Waals surface area contributed by atoms with E-state index in [0.717, 1.165) is 16.9 Å². The standard InChI is InChI=1S/C18H20O3/c1-18(2)11-20-15-9-8-14(10-16(15)21-12-18)17(19)13-6-4-3-5-7-13/h3-10,17,19H,11-12H2,1-2H3/t17-/m0/s1. The van der Waals surface area contributed by atoms with Crippen molar-refractivity contribution in [3.05, 3.63) is 59.7 Å². The van der Waals surface area contributed by atoms with Gasteiger partial charge in [0.2, 0.25) is 0 Å². The maximum Gasteiger partial charge on any atom is 0.161 e. The Hall–Kier alpha value is -2.00. The first-order valence-corrected chi connectivity index (χ1v) is 7.18. The molecular weight excluding hydrogens is 264 g/mol. The van der Waals surface area contributed by atoms with Crippen molar-refractivity contribution in [3.8, 4) is 11.5 Å². The Morgan fingerprint density at radius 1 is 0.905 bits per heavy atom. The van der Waals surface area contributed by atoms with Crippen LogP contribution >= 0.6 is 0 Å². The summed E-state index contributed by atoms with van der Waals surface area (Å²) in [6.45, 7) is 5.45. The maximum absolute atomic E-state index is 10.5. The van der Waals surface area contributed by atoms with Crippen LogP contribution < -0.4 is 9.47 Å². The van der Waals surface area contributed by atoms with Gasteiger partial charge in [-0.3, -0.25) is 0 Å². The van der Waals surface area contributed by atoms with Crippen molar-refractivity contribution in [1.29, 1.82) is 0 Å². The normalized spacial score (nSPS) is 17.9. The lowest BCUT2D eigenvalue weighted by Gasteiger charge is -2.19. The van der Waals surface area contributed by atoms with Crippen LogP contribution in [0, 0.1) is 5.41 Å². The Morgan fingerprint density at radius 2 is 1.57 bits per heavy atom. The van der Waals surface area contributed by atoms with Gasteiger partial charge in [-0.05, 0) is 23.3 Å². The molecule has 21 heavy (non-hydrogen) atoms. The fourth-order valence-electron chi connectivity index (χ4n) is 2.34. The van der Waals surface area contributed by atoms with E-state index >= 15 is 0 Å². The van der Waals surface area contributed by atoms with Crippen molar-refractivity contribution >= 4 is 0 Å². The zero-order chi connectivity index (χ0) is 14.9. The zero-order valence-electron chi connectivity index (χ0n) is 12.4. The van der Waals surface area contributed by atoms with Crippen molar-refractivity contribution in [2.24, 2.45) is 5.41 Å². The van der Waals surface area contributed by atoms with Crippen molar-refractivity contribution in [1.82, 2.24) is 0 Å². The van der Waals surface area contributed by atoms with E-state index in [4.69, 9.17) is 9.47 Å². The van der Waals surface area contributed by atoms with Gasteiger partial charge in [0.15, 0.2) is 11.5 Å². The van der Waals surface area contributed by atoms with E-state index in [2.05, 4.69) is 13.8 Å². The van der Waals surface area contributed by atoms with Gasteiger partial charge in [0.1, 0.15) is 6.10 Å². The molecule has 1 N–H and O–H groups in total. The van der Waals surface area contributed by atoms with Crippen molar-refractivity contribution in [2.75, 3.05) is 13.2 Å². The molecule has 3 heteroatoms. The average Bonchev–Trinajstić information content (AvgIpc) is 2.66. The van der Waals surface area contributed by atoms with Crippen LogP contribution in [-0.2, 0) is 0 Å². The van der Waals surface area contributed by atoms with Gasteiger partial charge in [0.05, 0.1) is 13.2 Å². The molecule has 3 rings (SSSR count). The lowest BCUT2D eigenvalue weighted by Crippen LogP contribution is -2.26. The summed E-state index contributed by atoms with van der Waals surface area (Å²) in [7, 11) is 0. The van der Waals surface area contributed by atoms with Crippen molar-refractivity contribution in [3.63, 3.8) is 0 Å². The summed E-state index contributed by atoms with van der Waals surface area (Å²) < 4.78 is 11.7. The summed E-state index contributed by atoms with van der Waals surface area (Å²) in [6, 6.07) is 15.2. The molecule has 0 fully saturated rings. The number of ether oxygens (including phenoxy) is 2. The van der Waals surface area contributed by atoms with Crippen LogP contribution in [0.15, 0.2) is 48.5 Å². The lowest BCUT2D eigenvalue weighted by molar-refractivity contribution is 0.140. The number of aliphatic hydroxyl groups excluding tert-OH is 1. The van der Waals surface area contributed by atoms with Crippen LogP contribution in [0.4, 0.5) is 0 Å². The van der Waals surface area contributed by atoms with E-state index in [0.29, 0.717) is 19.0 Å². The third-order valence-electron chi connectivity index (χ3n) is 3.64. The number of rotatable bonds is 2. The second-order valence-electron chi connectivity index (χ2n) is 6.26. The van der Waals surface area contributed by atoms with Gasteiger partial charge in [0.25, 0.3) is 0 Å². The van der Waals surface area contributed by atoms with Crippen LogP contribution in [0.3, 0.4) is 0 Å². The molecule has 0 aliphatic carbocycles. The van der Waals surface area contributed by atoms with Gasteiger partial charge in [-0.15, -0.1) is 0 Å². The molecule has 110 valence electrons. The van der Waals surface area contributed by atoms with Gasteiger partial charge < -0.3 is 14.6 Å². The Bertz CT molecular complexity index is 620. The Balaban J connectivity index is 1.89. The first-order chi connectivity index (χ1) is 10.1. The highest BCUT2D eigenvalue weighted by Gasteiger charge is 2.25. The van der Waals surface area contributed by atoms with E-state index < -0.39 is 6.10 Å². The third-order valence-corrected chi connectivity index (χ3v) is 3.64. The predicted octanol–water partition coefficient (Wildman–Crippen LogP) is 3.57. The zero-order valence-corrected chi connectivity index (χ0v) is 12.4. The number of fused-ring (bicyclic) bond motifs is 1. The van der Waals surface area contributed by atoms with E-state index in [-0.39, 0.29) is 5.41 Å². The highest BCUT2D eigenvalue weighted by molar-refractivity contribution is 5.45. The molecule has 0 saturated heterocycles. The fraction of sp³-hybridized carbons (Fsp3) is 0.333. The van der Waals surface area contributed by atoms with Crippen LogP contribution in [-0.4, -0.2) is 18.3 Å². The summed E-state index contributed by atoms with van der Waals surface area (Å²) in [5.74, 6) is 1.44. The molecule has 2 aromatic carbocycles. The highest BCUT2D eigenvalue weighted by Crippen LogP contribution is 2.36. The quantitative estimate of drug-likeness (QED) is 0.916. The van der Waals surface area contributed by atoms with Gasteiger partial charge in [-0.2, -0.15) is 0 Å². The Morgan fingerprint density at radius 3 is 2.29 bits per heavy atom. The second kappa shape index (κ2) is 5.41. The molecule has 0 unspecified atom stereocenters. The molecule has 0 amide bonds. The summed E-state index contributed by atoms with van der Waals surface area (Å²) in [4.78, 5) is 0. The van der Waals surface area contributed by atoms with Gasteiger partial charge in [-0.1, -0.05) is 50.2 Å². The molecule has 1 aliphatic rings. The molecule has 1 atom stereocenters. The van der Waals surface area contributed by atoms with E-state index in [1.165, 1.54) is 0 Å². The van der Waals surface area contributed by atoms with E-state index in [1.807, 2.05) is 48.5 Å². The molecule has 2 aromatic rings. The summed E-state index contributed by atoms with van der Waals surface area (Å²) in [5, 5.41) is 10.5. The second-order valence-corrected chi connectivity index (χ2v) is 6.26. The summed E-state index contributed by atoms with van der Waals surface area (Å²) in [6.07, 6.45) is -0.656. The minimum absolute atomic E-state index is 0.0166. The number of aliphatic hydroxyl groups is 1. The van der Waals surface area contributed by atoms with Gasteiger partial charge >= 0.3 is 0 Å². The van der Waals surface area contributed by atoms with Gasteiger partial charge in [-0.25, -0.2) is 0 Å². The van der Waals surface area contributed by atoms with E-state index in [9.17, 15) is 5.11 Å². The van der Waals surface area contributed by atoms with Crippen LogP contribution in [0.25, 0.3) is 0 Å². The minimum atomic E-state index is -0.656. The van der Waals surface area contributed by atoms with Crippen LogP contribution in [0.5, 0.6) is 11.5 Å². The molecule has 0 spiro atoms. The smallest absolute Gasteiger partial charge is 0.161 e. The van der Waals surface area contributed by atoms with Crippen molar-refractivity contribution < 1.29 is 14.6 Å². The predicted molar refractivity (Wildman–Crippen MR) is 81.7 cm³/mol. The molecule has 0 bridgehead atoms. The molecule has 0 saturated carbocycles. The monoisotopic (exact) mass is 284 g/mol. The molecule has 1 heterocycles.